The molecule has 5 heteroatoms. The minimum absolute atomic E-state index is 0.00363. The molecule has 1 aliphatic rings. The predicted molar refractivity (Wildman–Crippen MR) is 106 cm³/mol. The van der Waals surface area contributed by atoms with Gasteiger partial charge in [0.05, 0.1) is 5.69 Å². The Kier molecular flexibility index (Phi) is 5.99. The molecule has 0 radical (unpaired) electrons. The maximum atomic E-state index is 13.2. The van der Waals surface area contributed by atoms with Crippen molar-refractivity contribution >= 4 is 29.3 Å². The highest BCUT2D eigenvalue weighted by Crippen LogP contribution is 2.32. The number of nitrogens with one attached hydrogen (secondary N) is 1. The highest BCUT2D eigenvalue weighted by Gasteiger charge is 2.22. The fourth-order valence-corrected chi connectivity index (χ4v) is 3.88. The summed E-state index contributed by atoms with van der Waals surface area (Å²) in [6.45, 7) is 4.73. The van der Waals surface area contributed by atoms with E-state index in [-0.39, 0.29) is 17.9 Å². The van der Waals surface area contributed by atoms with Crippen molar-refractivity contribution in [2.45, 2.75) is 44.2 Å². The van der Waals surface area contributed by atoms with Crippen molar-refractivity contribution in [3.05, 3.63) is 59.7 Å². The van der Waals surface area contributed by atoms with E-state index in [1.807, 2.05) is 53.4 Å². The van der Waals surface area contributed by atoms with Gasteiger partial charge in [-0.25, -0.2) is 0 Å². The molecule has 1 N–H and O–H groups in total. The summed E-state index contributed by atoms with van der Waals surface area (Å²) in [5.74, 6) is 0.762. The van der Waals surface area contributed by atoms with Gasteiger partial charge in [-0.2, -0.15) is 0 Å². The summed E-state index contributed by atoms with van der Waals surface area (Å²) >= 11 is 1.65. The van der Waals surface area contributed by atoms with E-state index in [2.05, 4.69) is 19.2 Å². The number of carbonyl (C=O) groups excluding carboxylic acids is 2. The number of carbonyl (C=O) groups is 2. The van der Waals surface area contributed by atoms with Gasteiger partial charge in [0.15, 0.2) is 0 Å². The zero-order valence-electron chi connectivity index (χ0n) is 15.2. The summed E-state index contributed by atoms with van der Waals surface area (Å²) in [4.78, 5) is 28.0. The van der Waals surface area contributed by atoms with Crippen LogP contribution in [0.3, 0.4) is 0 Å². The van der Waals surface area contributed by atoms with Crippen LogP contribution in [-0.2, 0) is 11.3 Å². The quantitative estimate of drug-likeness (QED) is 0.841. The van der Waals surface area contributed by atoms with Crippen LogP contribution in [-0.4, -0.2) is 28.5 Å². The van der Waals surface area contributed by atoms with E-state index < -0.39 is 0 Å². The van der Waals surface area contributed by atoms with Crippen LogP contribution >= 0.6 is 11.8 Å². The Morgan fingerprint density at radius 2 is 2.00 bits per heavy atom. The lowest BCUT2D eigenvalue weighted by molar-refractivity contribution is -0.115. The number of hydrogen-bond acceptors (Lipinski definition) is 3. The van der Waals surface area contributed by atoms with Crippen molar-refractivity contribution in [2.75, 3.05) is 11.1 Å². The minimum Gasteiger partial charge on any atom is -0.332 e. The normalized spacial score (nSPS) is 14.8. The van der Waals surface area contributed by atoms with Crippen LogP contribution in [0.2, 0.25) is 0 Å². The first-order valence-corrected chi connectivity index (χ1v) is 9.98. The summed E-state index contributed by atoms with van der Waals surface area (Å²) in [5, 5.41) is 2.92. The lowest BCUT2D eigenvalue weighted by atomic mass is 10.1. The van der Waals surface area contributed by atoms with Gasteiger partial charge in [-0.15, -0.1) is 11.8 Å². The lowest BCUT2D eigenvalue weighted by Crippen LogP contribution is -2.37. The molecule has 136 valence electrons. The van der Waals surface area contributed by atoms with Crippen LogP contribution in [0, 0.1) is 0 Å². The second kappa shape index (κ2) is 8.41. The Bertz CT molecular complexity index is 792. The number of rotatable bonds is 5. The summed E-state index contributed by atoms with van der Waals surface area (Å²) in [7, 11) is 0. The fourth-order valence-electron chi connectivity index (χ4n) is 2.95. The molecule has 2 aromatic rings. The van der Waals surface area contributed by atoms with Gasteiger partial charge in [0, 0.05) is 35.2 Å². The standard InChI is InChI=1S/C21H24N2O2S/c1-3-15(2)23(14-16-7-5-4-6-8-16)21(25)17-9-10-19-18(13-17)22-20(24)11-12-26-19/h4-10,13,15H,3,11-12,14H2,1-2H3,(H,22,24). The summed E-state index contributed by atoms with van der Waals surface area (Å²) < 4.78 is 0. The molecule has 4 nitrogen and oxygen atoms in total. The molecule has 0 saturated carbocycles. The molecule has 0 spiro atoms. The molecular formula is C21H24N2O2S. The molecule has 1 unspecified atom stereocenters. The van der Waals surface area contributed by atoms with Crippen molar-refractivity contribution in [3.63, 3.8) is 0 Å². The highest BCUT2D eigenvalue weighted by atomic mass is 32.2. The first-order valence-electron chi connectivity index (χ1n) is 9.00. The smallest absolute Gasteiger partial charge is 0.254 e. The van der Waals surface area contributed by atoms with E-state index in [9.17, 15) is 9.59 Å². The Morgan fingerprint density at radius 3 is 2.73 bits per heavy atom. The van der Waals surface area contributed by atoms with Crippen LogP contribution in [0.5, 0.6) is 0 Å². The van der Waals surface area contributed by atoms with Crippen LogP contribution in [0.4, 0.5) is 5.69 Å². The third-order valence-corrected chi connectivity index (χ3v) is 5.74. The van der Waals surface area contributed by atoms with Gasteiger partial charge >= 0.3 is 0 Å². The maximum Gasteiger partial charge on any atom is 0.254 e. The largest absolute Gasteiger partial charge is 0.332 e. The van der Waals surface area contributed by atoms with Gasteiger partial charge in [-0.05, 0) is 37.1 Å². The fraction of sp³-hybridized carbons (Fsp3) is 0.333. The van der Waals surface area contributed by atoms with Crippen molar-refractivity contribution in [1.29, 1.82) is 0 Å². The van der Waals surface area contributed by atoms with Gasteiger partial charge in [-0.3, -0.25) is 9.59 Å². The summed E-state index contributed by atoms with van der Waals surface area (Å²) in [6.07, 6.45) is 1.38. The van der Waals surface area contributed by atoms with Gasteiger partial charge < -0.3 is 10.2 Å². The highest BCUT2D eigenvalue weighted by molar-refractivity contribution is 7.99. The van der Waals surface area contributed by atoms with Crippen LogP contribution in [0.15, 0.2) is 53.4 Å². The molecule has 0 saturated heterocycles. The van der Waals surface area contributed by atoms with Crippen molar-refractivity contribution in [1.82, 2.24) is 4.90 Å². The van der Waals surface area contributed by atoms with Crippen molar-refractivity contribution < 1.29 is 9.59 Å². The van der Waals surface area contributed by atoms with E-state index in [0.29, 0.717) is 18.5 Å². The Labute approximate surface area is 159 Å². The van der Waals surface area contributed by atoms with Gasteiger partial charge in [0.2, 0.25) is 5.91 Å². The molecule has 1 atom stereocenters. The average Bonchev–Trinajstić information content (AvgIpc) is 2.85. The molecule has 3 rings (SSSR count). The predicted octanol–water partition coefficient (Wildman–Crippen LogP) is 4.56. The number of fused-ring (bicyclic) bond motifs is 1. The molecule has 0 fully saturated rings. The number of nitrogens with zero attached hydrogens (tertiary/aromatic N) is 1. The second-order valence-electron chi connectivity index (χ2n) is 6.53. The molecule has 1 heterocycles. The van der Waals surface area contributed by atoms with Gasteiger partial charge in [0.25, 0.3) is 5.91 Å². The SMILES string of the molecule is CCC(C)N(Cc1ccccc1)C(=O)c1ccc2c(c1)NC(=O)CCS2. The third kappa shape index (κ3) is 4.28. The maximum absolute atomic E-state index is 13.2. The molecule has 26 heavy (non-hydrogen) atoms. The van der Waals surface area contributed by atoms with Crippen molar-refractivity contribution in [2.24, 2.45) is 0 Å². The molecule has 0 bridgehead atoms. The van der Waals surface area contributed by atoms with E-state index in [1.165, 1.54) is 0 Å². The van der Waals surface area contributed by atoms with E-state index in [0.717, 1.165) is 28.3 Å². The van der Waals surface area contributed by atoms with Crippen molar-refractivity contribution in [3.8, 4) is 0 Å². The van der Waals surface area contributed by atoms with Gasteiger partial charge in [0.1, 0.15) is 0 Å². The molecular weight excluding hydrogens is 344 g/mol. The number of thioether (sulfide) groups is 1. The van der Waals surface area contributed by atoms with Crippen LogP contribution < -0.4 is 5.32 Å². The summed E-state index contributed by atoms with van der Waals surface area (Å²) in [6, 6.07) is 15.8. The number of amides is 2. The average molecular weight is 369 g/mol. The Hall–Kier alpha value is -2.27. The zero-order chi connectivity index (χ0) is 18.5. The minimum atomic E-state index is -0.00509. The lowest BCUT2D eigenvalue weighted by Gasteiger charge is -2.29. The number of anilines is 1. The zero-order valence-corrected chi connectivity index (χ0v) is 16.0. The van der Waals surface area contributed by atoms with Crippen LogP contribution in [0.25, 0.3) is 0 Å². The van der Waals surface area contributed by atoms with E-state index in [1.54, 1.807) is 11.8 Å². The Balaban J connectivity index is 1.88. The molecule has 1 aliphatic heterocycles. The molecule has 0 aliphatic carbocycles. The molecule has 0 aromatic heterocycles. The number of hydrogen-bond donors (Lipinski definition) is 1. The van der Waals surface area contributed by atoms with E-state index in [4.69, 9.17) is 0 Å². The van der Waals surface area contributed by atoms with Crippen LogP contribution in [0.1, 0.15) is 42.6 Å². The topological polar surface area (TPSA) is 49.4 Å². The first-order chi connectivity index (χ1) is 12.6. The second-order valence-corrected chi connectivity index (χ2v) is 7.67. The van der Waals surface area contributed by atoms with E-state index >= 15 is 0 Å². The third-order valence-electron chi connectivity index (χ3n) is 4.67. The summed E-state index contributed by atoms with van der Waals surface area (Å²) in [5.41, 5.74) is 2.47. The van der Waals surface area contributed by atoms with Gasteiger partial charge in [-0.1, -0.05) is 37.3 Å². The molecule has 2 aromatic carbocycles. The Morgan fingerprint density at radius 1 is 1.23 bits per heavy atom. The molecule has 2 amide bonds. The first kappa shape index (κ1) is 18.5. The number of benzene rings is 2. The monoisotopic (exact) mass is 368 g/mol.